The van der Waals surface area contributed by atoms with E-state index in [0.717, 1.165) is 24.9 Å². The number of likely N-dealkylation sites (tertiary alicyclic amines) is 1. The van der Waals surface area contributed by atoms with Gasteiger partial charge in [0, 0.05) is 27.9 Å². The second-order valence-corrected chi connectivity index (χ2v) is 13.5. The molecule has 1 aromatic heterocycles. The van der Waals surface area contributed by atoms with Crippen molar-refractivity contribution in [1.82, 2.24) is 14.8 Å². The van der Waals surface area contributed by atoms with Crippen molar-refractivity contribution in [2.45, 2.75) is 57.3 Å². The van der Waals surface area contributed by atoms with Gasteiger partial charge in [0.05, 0.1) is 36.5 Å². The zero-order valence-corrected chi connectivity index (χ0v) is 31.5. The van der Waals surface area contributed by atoms with Gasteiger partial charge in [-0.25, -0.2) is 9.59 Å². The number of nitriles is 1. The first-order valence-electron chi connectivity index (χ1n) is 17.8. The number of pyridine rings is 1. The lowest BCUT2D eigenvalue weighted by Gasteiger charge is -2.32. The van der Waals surface area contributed by atoms with Gasteiger partial charge < -0.3 is 24.8 Å². The number of hydrogen-bond donors (Lipinski definition) is 2. The van der Waals surface area contributed by atoms with E-state index in [1.165, 1.54) is 48.2 Å². The minimum absolute atomic E-state index is 0.0188. The van der Waals surface area contributed by atoms with E-state index in [2.05, 4.69) is 16.7 Å². The Morgan fingerprint density at radius 2 is 1.73 bits per heavy atom. The first-order chi connectivity index (χ1) is 26.5. The highest BCUT2D eigenvalue weighted by molar-refractivity contribution is 6.31. The minimum atomic E-state index is -1.24. The number of rotatable bonds is 14. The molecule has 3 aromatic carbocycles. The average molecular weight is 768 g/mol. The van der Waals surface area contributed by atoms with Crippen molar-refractivity contribution in [3.05, 3.63) is 117 Å². The number of likely N-dealkylation sites (N-methyl/N-ethyl adjacent to an activating group) is 1. The van der Waals surface area contributed by atoms with E-state index in [4.69, 9.17) is 25.8 Å². The minimum Gasteiger partial charge on any atom is -0.495 e. The van der Waals surface area contributed by atoms with E-state index in [9.17, 15) is 29.2 Å². The number of hydrogen-bond acceptors (Lipinski definition) is 10. The van der Waals surface area contributed by atoms with Crippen LogP contribution >= 0.6 is 11.6 Å². The molecule has 2 N–H and O–H groups in total. The Morgan fingerprint density at radius 3 is 2.40 bits per heavy atom. The number of carbonyl (C=O) groups excluding carboxylic acids is 4. The van der Waals surface area contributed by atoms with E-state index in [1.807, 2.05) is 30.1 Å². The number of carbonyl (C=O) groups is 4. The third kappa shape index (κ3) is 10.2. The monoisotopic (exact) mass is 767 g/mol. The van der Waals surface area contributed by atoms with Crippen LogP contribution in [0.25, 0.3) is 11.1 Å². The number of benzene rings is 3. The van der Waals surface area contributed by atoms with Crippen LogP contribution in [-0.4, -0.2) is 72.6 Å². The van der Waals surface area contributed by atoms with Crippen LogP contribution in [0.3, 0.4) is 0 Å². The lowest BCUT2D eigenvalue weighted by Crippen LogP contribution is -2.53. The summed E-state index contributed by atoms with van der Waals surface area (Å²) in [4.78, 5) is 68.2. The molecule has 0 spiro atoms. The molecule has 1 aliphatic heterocycles. The maximum Gasteiger partial charge on any atom is 0.338 e. The molecule has 1 saturated heterocycles. The molecule has 5 rings (SSSR count). The molecular weight excluding hydrogens is 726 g/mol. The lowest BCUT2D eigenvalue weighted by atomic mass is 10.00. The number of nitrogens with zero attached hydrogens (tertiary/aromatic N) is 3. The van der Waals surface area contributed by atoms with Gasteiger partial charge in [0.15, 0.2) is 6.04 Å². The Bertz CT molecular complexity index is 2120. The first-order valence-corrected chi connectivity index (χ1v) is 18.2. The van der Waals surface area contributed by atoms with Gasteiger partial charge in [0.25, 0.3) is 5.56 Å². The van der Waals surface area contributed by atoms with Gasteiger partial charge in [-0.2, -0.15) is 5.26 Å². The van der Waals surface area contributed by atoms with Gasteiger partial charge in [-0.3, -0.25) is 23.9 Å². The molecule has 0 radical (unpaired) electrons. The number of nitrogens with one attached hydrogen (secondary N) is 2. The zero-order chi connectivity index (χ0) is 39.5. The molecule has 1 aliphatic rings. The molecule has 13 nitrogen and oxygen atoms in total. The topological polar surface area (TPSA) is 169 Å². The highest BCUT2D eigenvalue weighted by atomic mass is 35.5. The van der Waals surface area contributed by atoms with Crippen LogP contribution in [0.4, 0.5) is 5.69 Å². The summed E-state index contributed by atoms with van der Waals surface area (Å²) in [6, 6.07) is 20.5. The van der Waals surface area contributed by atoms with E-state index < -0.39 is 48.1 Å². The van der Waals surface area contributed by atoms with Crippen LogP contribution in [0.15, 0.2) is 89.9 Å². The maximum atomic E-state index is 13.5. The van der Waals surface area contributed by atoms with Crippen molar-refractivity contribution in [1.29, 1.82) is 5.26 Å². The molecule has 286 valence electrons. The summed E-state index contributed by atoms with van der Waals surface area (Å²) in [6.45, 7) is 2.02. The Labute approximate surface area is 323 Å². The summed E-state index contributed by atoms with van der Waals surface area (Å²) >= 11 is 6.18. The molecule has 0 bridgehead atoms. The Morgan fingerprint density at radius 1 is 0.982 bits per heavy atom. The van der Waals surface area contributed by atoms with Crippen molar-refractivity contribution in [3.63, 3.8) is 0 Å². The Kier molecular flexibility index (Phi) is 13.8. The number of amides is 2. The van der Waals surface area contributed by atoms with Crippen LogP contribution < -0.4 is 20.9 Å². The van der Waals surface area contributed by atoms with E-state index in [-0.39, 0.29) is 30.2 Å². The molecule has 2 heterocycles. The van der Waals surface area contributed by atoms with Crippen molar-refractivity contribution in [2.24, 2.45) is 0 Å². The van der Waals surface area contributed by atoms with Gasteiger partial charge in [-0.05, 0) is 80.9 Å². The van der Waals surface area contributed by atoms with E-state index >= 15 is 0 Å². The standard InChI is InChI=1S/C41H42ClN5O8/c1-4-34(47-23-36(53-3)32(21-37(47)48)31-20-29(42)16-13-28(31)22-43)38(49)44-30-17-14-27(15-18-30)40(51)55-25-33(41(52)54-24-26-10-6-5-7-11-26)45-39(50)35-12-8-9-19-46(35)2/h5-7,10-11,13-18,20-21,23,33-35H,4,8-9,12,19,24-25H2,1-3H3,(H,44,49)(H,45,50)/t33?,34?,35-/m1/s1. The van der Waals surface area contributed by atoms with Crippen molar-refractivity contribution in [2.75, 3.05) is 32.6 Å². The van der Waals surface area contributed by atoms with Crippen LogP contribution in [-0.2, 0) is 30.5 Å². The summed E-state index contributed by atoms with van der Waals surface area (Å²) < 4.78 is 17.8. The molecular formula is C41H42ClN5O8. The molecule has 14 heteroatoms. The predicted molar refractivity (Wildman–Crippen MR) is 206 cm³/mol. The van der Waals surface area contributed by atoms with Gasteiger partial charge >= 0.3 is 11.9 Å². The molecule has 4 aromatic rings. The Hall–Kier alpha value is -5.97. The fourth-order valence-corrected chi connectivity index (χ4v) is 6.49. The highest BCUT2D eigenvalue weighted by Gasteiger charge is 2.31. The fraction of sp³-hybridized carbons (Fsp3) is 0.317. The number of anilines is 1. The van der Waals surface area contributed by atoms with Crippen molar-refractivity contribution < 1.29 is 33.4 Å². The maximum absolute atomic E-state index is 13.5. The smallest absolute Gasteiger partial charge is 0.338 e. The summed E-state index contributed by atoms with van der Waals surface area (Å²) in [6.07, 6.45) is 4.17. The third-order valence-corrected chi connectivity index (χ3v) is 9.58. The lowest BCUT2D eigenvalue weighted by molar-refractivity contribution is -0.151. The highest BCUT2D eigenvalue weighted by Crippen LogP contribution is 2.33. The number of aromatic nitrogens is 1. The SMILES string of the molecule is CCC(C(=O)Nc1ccc(C(=O)OCC(NC(=O)[C@H]2CCCCN2C)C(=O)OCc2ccccc2)cc1)n1cc(OC)c(-c2cc(Cl)ccc2C#N)cc1=O. The van der Waals surface area contributed by atoms with Crippen LogP contribution in [0.2, 0.25) is 5.02 Å². The first kappa shape index (κ1) is 40.2. The average Bonchev–Trinajstić information content (AvgIpc) is 3.19. The number of methoxy groups -OCH3 is 1. The molecule has 3 atom stereocenters. The molecule has 2 amide bonds. The van der Waals surface area contributed by atoms with Crippen LogP contribution in [0, 0.1) is 11.3 Å². The second kappa shape index (κ2) is 18.9. The predicted octanol–water partition coefficient (Wildman–Crippen LogP) is 5.51. The van der Waals surface area contributed by atoms with Crippen LogP contribution in [0.1, 0.15) is 60.1 Å². The Balaban J connectivity index is 1.25. The second-order valence-electron chi connectivity index (χ2n) is 13.0. The van der Waals surface area contributed by atoms with Crippen molar-refractivity contribution in [3.8, 4) is 22.9 Å². The van der Waals surface area contributed by atoms with Gasteiger partial charge in [-0.1, -0.05) is 55.3 Å². The zero-order valence-electron chi connectivity index (χ0n) is 30.8. The van der Waals surface area contributed by atoms with Crippen molar-refractivity contribution >= 4 is 41.0 Å². The molecule has 1 fully saturated rings. The van der Waals surface area contributed by atoms with Gasteiger partial charge in [0.2, 0.25) is 11.8 Å². The number of esters is 2. The number of ether oxygens (including phenoxy) is 3. The fourth-order valence-electron chi connectivity index (χ4n) is 6.32. The summed E-state index contributed by atoms with van der Waals surface area (Å²) in [7, 11) is 3.27. The molecule has 55 heavy (non-hydrogen) atoms. The number of halogens is 1. The summed E-state index contributed by atoms with van der Waals surface area (Å²) in [5.41, 5.74) is 1.82. The molecule has 0 saturated carbocycles. The van der Waals surface area contributed by atoms with E-state index in [1.54, 1.807) is 37.3 Å². The summed E-state index contributed by atoms with van der Waals surface area (Å²) in [5.74, 6) is -2.08. The van der Waals surface area contributed by atoms with Gasteiger partial charge in [-0.15, -0.1) is 0 Å². The quantitative estimate of drug-likeness (QED) is 0.156. The largest absolute Gasteiger partial charge is 0.495 e. The number of piperidine rings is 1. The summed E-state index contributed by atoms with van der Waals surface area (Å²) in [5, 5.41) is 15.5. The van der Waals surface area contributed by atoms with Gasteiger partial charge in [0.1, 0.15) is 25.0 Å². The van der Waals surface area contributed by atoms with E-state index in [0.29, 0.717) is 33.8 Å². The normalized spacial score (nSPS) is 15.1. The third-order valence-electron chi connectivity index (χ3n) is 9.35. The molecule has 2 unspecified atom stereocenters. The molecule has 0 aliphatic carbocycles. The van der Waals surface area contributed by atoms with Crippen LogP contribution in [0.5, 0.6) is 5.75 Å².